The van der Waals surface area contributed by atoms with E-state index >= 15 is 0 Å². The van der Waals surface area contributed by atoms with E-state index < -0.39 is 10.0 Å². The Balaban J connectivity index is 1.90. The Morgan fingerprint density at radius 3 is 2.39 bits per heavy atom. The van der Waals surface area contributed by atoms with Crippen LogP contribution in [0, 0.1) is 0 Å². The molecular weight excluding hydrogens is 250 g/mol. The van der Waals surface area contributed by atoms with Gasteiger partial charge in [-0.15, -0.1) is 0 Å². The monoisotopic (exact) mass is 269 g/mol. The predicted octanol–water partition coefficient (Wildman–Crippen LogP) is 0.176. The van der Waals surface area contributed by atoms with Crippen LogP contribution < -0.4 is 15.8 Å². The molecule has 4 N–H and O–H groups in total. The molecular formula is C12H19N3O2S. The van der Waals surface area contributed by atoms with Crippen LogP contribution in [0.5, 0.6) is 0 Å². The molecule has 0 spiro atoms. The van der Waals surface area contributed by atoms with Crippen LogP contribution in [0.3, 0.4) is 0 Å². The van der Waals surface area contributed by atoms with Gasteiger partial charge < -0.3 is 10.6 Å². The van der Waals surface area contributed by atoms with E-state index in [0.29, 0.717) is 6.04 Å². The lowest BCUT2D eigenvalue weighted by Crippen LogP contribution is -2.39. The van der Waals surface area contributed by atoms with Crippen molar-refractivity contribution in [3.63, 3.8) is 0 Å². The summed E-state index contributed by atoms with van der Waals surface area (Å²) in [7, 11) is -3.58. The molecule has 2 rings (SSSR count). The van der Waals surface area contributed by atoms with Crippen molar-refractivity contribution in [1.29, 1.82) is 0 Å². The summed E-state index contributed by atoms with van der Waals surface area (Å²) in [6.07, 6.45) is 2.27. The minimum Gasteiger partial charge on any atom is -0.317 e. The molecule has 1 aliphatic heterocycles. The van der Waals surface area contributed by atoms with Crippen LogP contribution in [0.1, 0.15) is 18.4 Å². The van der Waals surface area contributed by atoms with Crippen molar-refractivity contribution in [1.82, 2.24) is 10.6 Å². The molecule has 0 atom stereocenters. The van der Waals surface area contributed by atoms with E-state index in [9.17, 15) is 8.42 Å². The van der Waals surface area contributed by atoms with Crippen LogP contribution in [-0.4, -0.2) is 27.5 Å². The summed E-state index contributed by atoms with van der Waals surface area (Å²) >= 11 is 0. The summed E-state index contributed by atoms with van der Waals surface area (Å²) in [6, 6.07) is 7.25. The predicted molar refractivity (Wildman–Crippen MR) is 70.5 cm³/mol. The number of hydrogen-bond donors (Lipinski definition) is 3. The third kappa shape index (κ3) is 3.78. The molecule has 0 aromatic heterocycles. The third-order valence-corrected chi connectivity index (χ3v) is 4.12. The van der Waals surface area contributed by atoms with Gasteiger partial charge >= 0.3 is 0 Å². The van der Waals surface area contributed by atoms with E-state index in [4.69, 9.17) is 5.14 Å². The van der Waals surface area contributed by atoms with Crippen LogP contribution in [0.2, 0.25) is 0 Å². The molecule has 1 heterocycles. The van der Waals surface area contributed by atoms with Gasteiger partial charge in [-0.1, -0.05) is 12.1 Å². The highest BCUT2D eigenvalue weighted by molar-refractivity contribution is 7.89. The maximum Gasteiger partial charge on any atom is 0.238 e. The molecule has 18 heavy (non-hydrogen) atoms. The fourth-order valence-electron chi connectivity index (χ4n) is 2.09. The number of nitrogens with two attached hydrogens (primary N) is 1. The molecule has 1 aromatic rings. The Morgan fingerprint density at radius 2 is 1.83 bits per heavy atom. The quantitative estimate of drug-likeness (QED) is 0.728. The van der Waals surface area contributed by atoms with E-state index in [1.54, 1.807) is 24.3 Å². The van der Waals surface area contributed by atoms with Gasteiger partial charge in [0.05, 0.1) is 4.90 Å². The molecule has 0 amide bonds. The fraction of sp³-hybridized carbons (Fsp3) is 0.500. The zero-order valence-electron chi connectivity index (χ0n) is 10.2. The zero-order chi connectivity index (χ0) is 13.0. The molecule has 1 aliphatic rings. The van der Waals surface area contributed by atoms with Gasteiger partial charge in [0.25, 0.3) is 0 Å². The summed E-state index contributed by atoms with van der Waals surface area (Å²) in [6.45, 7) is 2.87. The van der Waals surface area contributed by atoms with Crippen molar-refractivity contribution < 1.29 is 8.42 Å². The molecule has 1 saturated heterocycles. The van der Waals surface area contributed by atoms with Gasteiger partial charge in [0.15, 0.2) is 0 Å². The maximum absolute atomic E-state index is 11.1. The Hall–Kier alpha value is -0.950. The summed E-state index contributed by atoms with van der Waals surface area (Å²) < 4.78 is 22.2. The molecule has 1 aromatic carbocycles. The average Bonchev–Trinajstić information content (AvgIpc) is 2.37. The van der Waals surface area contributed by atoms with Crippen molar-refractivity contribution >= 4 is 10.0 Å². The van der Waals surface area contributed by atoms with Gasteiger partial charge in [-0.3, -0.25) is 0 Å². The number of benzene rings is 1. The van der Waals surface area contributed by atoms with Gasteiger partial charge in [-0.05, 0) is 43.6 Å². The molecule has 1 fully saturated rings. The third-order valence-electron chi connectivity index (χ3n) is 3.19. The first-order chi connectivity index (χ1) is 8.55. The number of rotatable bonds is 4. The summed E-state index contributed by atoms with van der Waals surface area (Å²) in [4.78, 5) is 0.160. The Bertz CT molecular complexity index is 479. The van der Waals surface area contributed by atoms with Gasteiger partial charge in [-0.25, -0.2) is 13.6 Å². The van der Waals surface area contributed by atoms with Crippen LogP contribution in [0.25, 0.3) is 0 Å². The summed E-state index contributed by atoms with van der Waals surface area (Å²) in [5.74, 6) is 0. The number of hydrogen-bond acceptors (Lipinski definition) is 4. The van der Waals surface area contributed by atoms with Crippen molar-refractivity contribution in [3.05, 3.63) is 29.8 Å². The molecule has 0 bridgehead atoms. The minimum atomic E-state index is -3.58. The summed E-state index contributed by atoms with van der Waals surface area (Å²) in [5.41, 5.74) is 1.07. The standard InChI is InChI=1S/C12H19N3O2S/c13-18(16,17)12-3-1-10(2-4-12)9-15-11-5-7-14-8-6-11/h1-4,11,14-15H,5-9H2,(H2,13,16,17). The van der Waals surface area contributed by atoms with E-state index in [1.165, 1.54) is 0 Å². The smallest absolute Gasteiger partial charge is 0.238 e. The lowest BCUT2D eigenvalue weighted by atomic mass is 10.1. The van der Waals surface area contributed by atoms with Crippen molar-refractivity contribution in [3.8, 4) is 0 Å². The number of primary sulfonamides is 1. The van der Waals surface area contributed by atoms with E-state index in [0.717, 1.165) is 38.0 Å². The van der Waals surface area contributed by atoms with Crippen molar-refractivity contribution in [2.75, 3.05) is 13.1 Å². The van der Waals surface area contributed by atoms with Crippen LogP contribution in [0.4, 0.5) is 0 Å². The summed E-state index contributed by atoms with van der Waals surface area (Å²) in [5, 5.41) is 11.8. The highest BCUT2D eigenvalue weighted by Crippen LogP contribution is 2.09. The fourth-order valence-corrected chi connectivity index (χ4v) is 2.60. The molecule has 5 nitrogen and oxygen atoms in total. The average molecular weight is 269 g/mol. The second-order valence-corrected chi connectivity index (χ2v) is 6.16. The molecule has 100 valence electrons. The van der Waals surface area contributed by atoms with E-state index in [2.05, 4.69) is 10.6 Å². The van der Waals surface area contributed by atoms with Crippen molar-refractivity contribution in [2.24, 2.45) is 5.14 Å². The Kier molecular flexibility index (Phi) is 4.34. The number of nitrogens with one attached hydrogen (secondary N) is 2. The maximum atomic E-state index is 11.1. The molecule has 0 aliphatic carbocycles. The first kappa shape index (κ1) is 13.5. The first-order valence-corrected chi connectivity index (χ1v) is 7.66. The SMILES string of the molecule is NS(=O)(=O)c1ccc(CNC2CCNCC2)cc1. The topological polar surface area (TPSA) is 84.2 Å². The normalized spacial score (nSPS) is 17.8. The Labute approximate surface area is 108 Å². The highest BCUT2D eigenvalue weighted by Gasteiger charge is 2.12. The molecule has 0 unspecified atom stereocenters. The van der Waals surface area contributed by atoms with E-state index in [1.807, 2.05) is 0 Å². The van der Waals surface area contributed by atoms with Gasteiger partial charge in [0, 0.05) is 12.6 Å². The molecule has 0 radical (unpaired) electrons. The zero-order valence-corrected chi connectivity index (χ0v) is 11.0. The lowest BCUT2D eigenvalue weighted by molar-refractivity contribution is 0.386. The highest BCUT2D eigenvalue weighted by atomic mass is 32.2. The van der Waals surface area contributed by atoms with E-state index in [-0.39, 0.29) is 4.90 Å². The number of sulfonamides is 1. The minimum absolute atomic E-state index is 0.160. The second kappa shape index (κ2) is 5.79. The van der Waals surface area contributed by atoms with Crippen LogP contribution >= 0.6 is 0 Å². The van der Waals surface area contributed by atoms with Crippen LogP contribution in [-0.2, 0) is 16.6 Å². The lowest BCUT2D eigenvalue weighted by Gasteiger charge is -2.23. The molecule has 0 saturated carbocycles. The second-order valence-electron chi connectivity index (χ2n) is 4.59. The van der Waals surface area contributed by atoms with Gasteiger partial charge in [0.2, 0.25) is 10.0 Å². The largest absolute Gasteiger partial charge is 0.317 e. The van der Waals surface area contributed by atoms with Crippen molar-refractivity contribution in [2.45, 2.75) is 30.3 Å². The Morgan fingerprint density at radius 1 is 1.22 bits per heavy atom. The first-order valence-electron chi connectivity index (χ1n) is 6.11. The van der Waals surface area contributed by atoms with Crippen LogP contribution in [0.15, 0.2) is 29.2 Å². The van der Waals surface area contributed by atoms with Gasteiger partial charge in [0.1, 0.15) is 0 Å². The van der Waals surface area contributed by atoms with Gasteiger partial charge in [-0.2, -0.15) is 0 Å². The molecule has 6 heteroatoms. The number of piperidine rings is 1.